The topological polar surface area (TPSA) is 9.86 Å². The molecular weight excluding hydrogens is 869 g/mol. The largest absolute Gasteiger partial charge is 0.309 e. The van der Waals surface area contributed by atoms with Crippen LogP contribution in [-0.2, 0) is 17.3 Å². The van der Waals surface area contributed by atoms with Gasteiger partial charge in [0.25, 0.3) is 0 Å². The molecule has 0 bridgehead atoms. The van der Waals surface area contributed by atoms with Gasteiger partial charge in [-0.15, -0.1) is 0 Å². The average Bonchev–Trinajstić information content (AvgIpc) is 3.77. The Hall–Kier alpha value is -7.68. The lowest BCUT2D eigenvalue weighted by Crippen LogP contribution is -2.27. The van der Waals surface area contributed by atoms with Crippen molar-refractivity contribution in [1.82, 2.24) is 9.13 Å². The van der Waals surface area contributed by atoms with Gasteiger partial charge in [-0.2, -0.15) is 0 Å². The third kappa shape index (κ3) is 8.27. The van der Waals surface area contributed by atoms with Crippen molar-refractivity contribution in [1.29, 1.82) is 0 Å². The van der Waals surface area contributed by atoms with E-state index in [0.717, 1.165) is 29.8 Å². The quantitative estimate of drug-likeness (QED) is 0.157. The Balaban J connectivity index is 1.13. The molecule has 2 nitrogen and oxygen atoms in total. The van der Waals surface area contributed by atoms with Crippen molar-refractivity contribution in [3.8, 4) is 33.6 Å². The van der Waals surface area contributed by atoms with Crippen molar-refractivity contribution in [3.63, 3.8) is 0 Å². The zero-order valence-electron chi connectivity index (χ0n) is 43.4. The van der Waals surface area contributed by atoms with E-state index in [2.05, 4.69) is 272 Å². The van der Waals surface area contributed by atoms with Crippen LogP contribution in [0, 0.1) is 5.41 Å². The van der Waals surface area contributed by atoms with E-state index in [0.29, 0.717) is 0 Å². The third-order valence-electron chi connectivity index (χ3n) is 15.0. The molecule has 72 heavy (non-hydrogen) atoms. The third-order valence-corrected chi connectivity index (χ3v) is 15.0. The van der Waals surface area contributed by atoms with E-state index in [-0.39, 0.29) is 16.2 Å². The summed E-state index contributed by atoms with van der Waals surface area (Å²) in [5.74, 6) is 0. The van der Waals surface area contributed by atoms with Gasteiger partial charge < -0.3 is 9.13 Å². The molecule has 12 rings (SSSR count). The summed E-state index contributed by atoms with van der Waals surface area (Å²) in [7, 11) is 0. The van der Waals surface area contributed by atoms with Crippen LogP contribution < -0.4 is 10.4 Å². The Labute approximate surface area is 424 Å². The second-order valence-electron chi connectivity index (χ2n) is 23.7. The van der Waals surface area contributed by atoms with Crippen LogP contribution in [-0.4, -0.2) is 9.13 Å². The lowest BCUT2D eigenvalue weighted by Gasteiger charge is -2.20. The zero-order valence-corrected chi connectivity index (χ0v) is 43.4. The molecule has 2 aromatic heterocycles. The van der Waals surface area contributed by atoms with Crippen molar-refractivity contribution in [2.75, 3.05) is 0 Å². The number of rotatable bonds is 6. The minimum absolute atomic E-state index is 0.0733. The molecule has 354 valence electrons. The highest BCUT2D eigenvalue weighted by atomic mass is 15.0. The number of hydrogen-bond donors (Lipinski definition) is 0. The first-order valence-electron chi connectivity index (χ1n) is 25.9. The van der Waals surface area contributed by atoms with E-state index >= 15 is 0 Å². The van der Waals surface area contributed by atoms with E-state index in [1.54, 1.807) is 0 Å². The van der Waals surface area contributed by atoms with E-state index in [1.807, 2.05) is 0 Å². The number of hydrogen-bond acceptors (Lipinski definition) is 0. The van der Waals surface area contributed by atoms with Crippen LogP contribution >= 0.6 is 0 Å². The molecular formula is C70H64N2. The molecule has 0 aliphatic heterocycles. The first-order valence-corrected chi connectivity index (χ1v) is 25.9. The van der Waals surface area contributed by atoms with E-state index < -0.39 is 0 Å². The standard InChI is InChI=1S/C70H64N2/c1-68(2,3)44-45-25-32-67-63(33-45)62-21-12-15-24-66(62)72(67)59-42-55(41-58(43-59)71-64-22-13-10-19-60(64)61-20-11-14-23-65(61)71)54-37-52(46-17-16-18-47-39-56(69(4,5)6)30-28-48(47)34-46)36-53(38-54)50-26-27-51-40-57(70(7,8)9)31-29-49(51)35-50/h10-15,17-43H,16,44H2,1-9H3. The van der Waals surface area contributed by atoms with Gasteiger partial charge in [0.1, 0.15) is 0 Å². The van der Waals surface area contributed by atoms with Gasteiger partial charge in [-0.25, -0.2) is 0 Å². The smallest absolute Gasteiger partial charge is 0.0541 e. The monoisotopic (exact) mass is 933 g/mol. The number of nitrogens with zero attached hydrogens (tertiary/aromatic N) is 2. The van der Waals surface area contributed by atoms with Gasteiger partial charge in [0.15, 0.2) is 0 Å². The molecule has 11 aromatic rings. The summed E-state index contributed by atoms with van der Waals surface area (Å²) < 4.78 is 4.99. The number of benzene rings is 9. The number of para-hydroxylation sites is 3. The van der Waals surface area contributed by atoms with Crippen LogP contribution in [0.15, 0.2) is 188 Å². The zero-order chi connectivity index (χ0) is 49.7. The Morgan fingerprint density at radius 2 is 0.889 bits per heavy atom. The van der Waals surface area contributed by atoms with Crippen LogP contribution in [0.25, 0.3) is 106 Å². The first kappa shape index (κ1) is 45.5. The molecule has 9 aromatic carbocycles. The molecule has 0 N–H and O–H groups in total. The molecule has 1 aliphatic rings. The Morgan fingerprint density at radius 3 is 1.51 bits per heavy atom. The van der Waals surface area contributed by atoms with Gasteiger partial charge in [-0.1, -0.05) is 184 Å². The molecule has 0 atom stereocenters. The fourth-order valence-corrected chi connectivity index (χ4v) is 11.4. The minimum Gasteiger partial charge on any atom is -0.309 e. The van der Waals surface area contributed by atoms with Crippen molar-refractivity contribution in [3.05, 3.63) is 221 Å². The van der Waals surface area contributed by atoms with Crippen molar-refractivity contribution >= 4 is 72.1 Å². The summed E-state index contributed by atoms with van der Waals surface area (Å²) in [6, 6.07) is 69.5. The molecule has 0 unspecified atom stereocenters. The highest BCUT2D eigenvalue weighted by Gasteiger charge is 2.21. The van der Waals surface area contributed by atoms with Crippen LogP contribution in [0.5, 0.6) is 0 Å². The van der Waals surface area contributed by atoms with Gasteiger partial charge in [0.2, 0.25) is 0 Å². The number of fused-ring (bicyclic) bond motifs is 8. The van der Waals surface area contributed by atoms with E-state index in [4.69, 9.17) is 0 Å². The molecule has 2 heterocycles. The van der Waals surface area contributed by atoms with Gasteiger partial charge in [0, 0.05) is 32.9 Å². The van der Waals surface area contributed by atoms with Crippen LogP contribution in [0.1, 0.15) is 91.0 Å². The summed E-state index contributed by atoms with van der Waals surface area (Å²) in [5, 5.41) is 10.1. The Morgan fingerprint density at radius 1 is 0.375 bits per heavy atom. The minimum atomic E-state index is 0.0733. The molecule has 0 saturated heterocycles. The van der Waals surface area contributed by atoms with E-state index in [9.17, 15) is 0 Å². The van der Waals surface area contributed by atoms with Crippen LogP contribution in [0.3, 0.4) is 0 Å². The summed E-state index contributed by atoms with van der Waals surface area (Å²) >= 11 is 0. The number of aromatic nitrogens is 2. The average molecular weight is 933 g/mol. The first-order chi connectivity index (χ1) is 34.5. The molecule has 1 aliphatic carbocycles. The van der Waals surface area contributed by atoms with Crippen molar-refractivity contribution in [2.45, 2.75) is 86.0 Å². The highest BCUT2D eigenvalue weighted by molar-refractivity contribution is 6.11. The summed E-state index contributed by atoms with van der Waals surface area (Å²) in [6.07, 6.45) is 9.09. The van der Waals surface area contributed by atoms with Gasteiger partial charge in [0.05, 0.1) is 22.1 Å². The molecule has 0 fully saturated rings. The Kier molecular flexibility index (Phi) is 10.7. The van der Waals surface area contributed by atoms with Crippen molar-refractivity contribution < 1.29 is 0 Å². The molecule has 0 radical (unpaired) electrons. The van der Waals surface area contributed by atoms with Crippen molar-refractivity contribution in [2.24, 2.45) is 5.41 Å². The molecule has 0 amide bonds. The highest BCUT2D eigenvalue weighted by Crippen LogP contribution is 2.41. The lowest BCUT2D eigenvalue weighted by molar-refractivity contribution is 0.411. The fraction of sp³-hybridized carbons (Fsp3) is 0.200. The maximum atomic E-state index is 2.51. The fourth-order valence-electron chi connectivity index (χ4n) is 11.4. The van der Waals surface area contributed by atoms with Crippen LogP contribution in [0.2, 0.25) is 0 Å². The van der Waals surface area contributed by atoms with Gasteiger partial charge in [-0.05, 0) is 179 Å². The molecule has 2 heteroatoms. The SMILES string of the molecule is CC(C)(C)Cc1ccc2c(c1)c1ccccc1n2-c1cc(-c2cc(C3=CCC=c4cc(C(C)(C)C)ccc4=C3)cc(-c3ccc4cc(C(C)(C)C)ccc4c3)c2)cc(-n2c3ccccc3c3ccccc32)c1. The normalized spacial score (nSPS) is 13.4. The van der Waals surface area contributed by atoms with Gasteiger partial charge >= 0.3 is 0 Å². The molecule has 0 spiro atoms. The predicted molar refractivity (Wildman–Crippen MR) is 311 cm³/mol. The second kappa shape index (κ2) is 17.0. The van der Waals surface area contributed by atoms with Gasteiger partial charge in [-0.3, -0.25) is 0 Å². The number of allylic oxidation sites excluding steroid dienone is 2. The lowest BCUT2D eigenvalue weighted by atomic mass is 9.85. The Bertz CT molecular complexity index is 4090. The summed E-state index contributed by atoms with van der Waals surface area (Å²) in [4.78, 5) is 0. The predicted octanol–water partition coefficient (Wildman–Crippen LogP) is 17.6. The second-order valence-corrected chi connectivity index (χ2v) is 23.7. The summed E-state index contributed by atoms with van der Waals surface area (Å²) in [5.41, 5.74) is 18.6. The summed E-state index contributed by atoms with van der Waals surface area (Å²) in [6.45, 7) is 20.8. The molecule has 0 saturated carbocycles. The van der Waals surface area contributed by atoms with E-state index in [1.165, 1.54) is 109 Å². The maximum Gasteiger partial charge on any atom is 0.0541 e. The van der Waals surface area contributed by atoms with Crippen LogP contribution in [0.4, 0.5) is 0 Å². The maximum absolute atomic E-state index is 2.51.